The zero-order chi connectivity index (χ0) is 19.1. The number of carbonyl (C=O) groups is 2. The number of fused-ring (bicyclic) bond motifs is 1. The molecule has 0 saturated carbocycles. The lowest BCUT2D eigenvalue weighted by atomic mass is 10.1. The van der Waals surface area contributed by atoms with Crippen LogP contribution in [-0.2, 0) is 16.1 Å². The summed E-state index contributed by atoms with van der Waals surface area (Å²) in [5.74, 6) is -1.07. The monoisotopic (exact) mass is 359 g/mol. The Labute approximate surface area is 152 Å². The van der Waals surface area contributed by atoms with Crippen LogP contribution in [0.4, 0.5) is 0 Å². The number of benzene rings is 1. The summed E-state index contributed by atoms with van der Waals surface area (Å²) in [6, 6.07) is 6.79. The smallest absolute Gasteiger partial charge is 0.359 e. The van der Waals surface area contributed by atoms with E-state index < -0.39 is 5.97 Å². The van der Waals surface area contributed by atoms with E-state index in [1.807, 2.05) is 20.8 Å². The van der Waals surface area contributed by atoms with Crippen molar-refractivity contribution in [1.82, 2.24) is 15.1 Å². The fraction of sp³-hybridized carbons (Fsp3) is 0.474. The summed E-state index contributed by atoms with van der Waals surface area (Å²) in [5.41, 5.74) is -0.201. The van der Waals surface area contributed by atoms with E-state index in [9.17, 15) is 14.4 Å². The average Bonchev–Trinajstić information content (AvgIpc) is 2.62. The quantitative estimate of drug-likeness (QED) is 0.730. The van der Waals surface area contributed by atoms with Crippen LogP contribution in [0, 0.1) is 0 Å². The molecule has 1 aromatic carbocycles. The summed E-state index contributed by atoms with van der Waals surface area (Å²) >= 11 is 0. The van der Waals surface area contributed by atoms with E-state index in [0.717, 1.165) is 12.8 Å². The van der Waals surface area contributed by atoms with Crippen LogP contribution >= 0.6 is 0 Å². The minimum absolute atomic E-state index is 0.0246. The van der Waals surface area contributed by atoms with E-state index >= 15 is 0 Å². The molecule has 7 heteroatoms. The molecule has 0 fully saturated rings. The molecule has 1 amide bonds. The van der Waals surface area contributed by atoms with Crippen LogP contribution < -0.4 is 10.9 Å². The van der Waals surface area contributed by atoms with Gasteiger partial charge in [0, 0.05) is 18.0 Å². The largest absolute Gasteiger partial charge is 0.451 e. The number of amides is 1. The van der Waals surface area contributed by atoms with Crippen molar-refractivity contribution in [3.8, 4) is 0 Å². The van der Waals surface area contributed by atoms with E-state index in [-0.39, 0.29) is 29.8 Å². The van der Waals surface area contributed by atoms with Gasteiger partial charge in [-0.3, -0.25) is 9.59 Å². The van der Waals surface area contributed by atoms with Crippen LogP contribution in [0.3, 0.4) is 0 Å². The van der Waals surface area contributed by atoms with Gasteiger partial charge < -0.3 is 10.1 Å². The van der Waals surface area contributed by atoms with Crippen molar-refractivity contribution in [2.75, 3.05) is 6.61 Å². The Morgan fingerprint density at radius 3 is 2.54 bits per heavy atom. The fourth-order valence-corrected chi connectivity index (χ4v) is 2.77. The standard InChI is InChI=1S/C19H25N3O4/c1-4-8-13(3)20-16(23)12-26-19(25)17-14-9-6-7-10-15(14)18(24)22(21-17)11-5-2/h6-7,9-10,13H,4-5,8,11-12H2,1-3H3,(H,20,23)/t13-/m1/s1. The Hall–Kier alpha value is -2.70. The molecule has 140 valence electrons. The number of carbonyl (C=O) groups excluding carboxylic acids is 2. The second-order valence-electron chi connectivity index (χ2n) is 6.26. The first-order valence-electron chi connectivity index (χ1n) is 8.94. The van der Waals surface area contributed by atoms with E-state index in [1.54, 1.807) is 24.3 Å². The molecule has 0 spiro atoms. The Kier molecular flexibility index (Phi) is 6.89. The maximum Gasteiger partial charge on any atom is 0.359 e. The maximum atomic E-state index is 12.5. The number of aryl methyl sites for hydroxylation is 1. The van der Waals surface area contributed by atoms with Crippen molar-refractivity contribution in [3.05, 3.63) is 40.3 Å². The van der Waals surface area contributed by atoms with Gasteiger partial charge in [0.15, 0.2) is 12.3 Å². The zero-order valence-electron chi connectivity index (χ0n) is 15.4. The summed E-state index contributed by atoms with van der Waals surface area (Å²) in [6.07, 6.45) is 2.52. The number of nitrogens with zero attached hydrogens (tertiary/aromatic N) is 2. The summed E-state index contributed by atoms with van der Waals surface area (Å²) < 4.78 is 6.39. The molecule has 1 N–H and O–H groups in total. The first kappa shape index (κ1) is 19.6. The van der Waals surface area contributed by atoms with Crippen LogP contribution in [0.15, 0.2) is 29.1 Å². The van der Waals surface area contributed by atoms with Crippen LogP contribution in [0.5, 0.6) is 0 Å². The fourth-order valence-electron chi connectivity index (χ4n) is 2.77. The van der Waals surface area contributed by atoms with Gasteiger partial charge in [0.25, 0.3) is 11.5 Å². The lowest BCUT2D eigenvalue weighted by Gasteiger charge is -2.13. The topological polar surface area (TPSA) is 90.3 Å². The van der Waals surface area contributed by atoms with Gasteiger partial charge in [-0.05, 0) is 25.8 Å². The van der Waals surface area contributed by atoms with Gasteiger partial charge in [0.1, 0.15) is 0 Å². The van der Waals surface area contributed by atoms with Crippen molar-refractivity contribution in [1.29, 1.82) is 0 Å². The van der Waals surface area contributed by atoms with Crippen molar-refractivity contribution >= 4 is 22.6 Å². The molecule has 7 nitrogen and oxygen atoms in total. The molecule has 0 bridgehead atoms. The average molecular weight is 359 g/mol. The second-order valence-corrected chi connectivity index (χ2v) is 6.26. The summed E-state index contributed by atoms with van der Waals surface area (Å²) in [7, 11) is 0. The van der Waals surface area contributed by atoms with E-state index in [1.165, 1.54) is 4.68 Å². The number of hydrogen-bond acceptors (Lipinski definition) is 5. The molecule has 0 aliphatic rings. The number of esters is 1. The maximum absolute atomic E-state index is 12.5. The molecular weight excluding hydrogens is 334 g/mol. The van der Waals surface area contributed by atoms with Crippen LogP contribution in [0.25, 0.3) is 10.8 Å². The second kappa shape index (κ2) is 9.12. The van der Waals surface area contributed by atoms with Crippen molar-refractivity contribution in [2.24, 2.45) is 0 Å². The first-order valence-corrected chi connectivity index (χ1v) is 8.94. The highest BCUT2D eigenvalue weighted by Crippen LogP contribution is 2.14. The predicted molar refractivity (Wildman–Crippen MR) is 99.1 cm³/mol. The van der Waals surface area contributed by atoms with Crippen LogP contribution in [0.1, 0.15) is 50.5 Å². The zero-order valence-corrected chi connectivity index (χ0v) is 15.4. The predicted octanol–water partition coefficient (Wildman–Crippen LogP) is 2.27. The molecule has 1 atom stereocenters. The minimum atomic E-state index is -0.718. The first-order chi connectivity index (χ1) is 12.5. The van der Waals surface area contributed by atoms with Gasteiger partial charge in [0.2, 0.25) is 0 Å². The lowest BCUT2D eigenvalue weighted by Crippen LogP contribution is -2.36. The van der Waals surface area contributed by atoms with Crippen molar-refractivity contribution in [3.63, 3.8) is 0 Å². The number of aromatic nitrogens is 2. The van der Waals surface area contributed by atoms with Gasteiger partial charge in [-0.15, -0.1) is 0 Å². The number of rotatable bonds is 8. The van der Waals surface area contributed by atoms with Crippen LogP contribution in [-0.4, -0.2) is 34.3 Å². The molecule has 1 heterocycles. The summed E-state index contributed by atoms with van der Waals surface area (Å²) in [4.78, 5) is 36.8. The SMILES string of the molecule is CCC[C@@H](C)NC(=O)COC(=O)c1nn(CCC)c(=O)c2ccccc12. The third-order valence-electron chi connectivity index (χ3n) is 3.96. The Bertz CT molecular complexity index is 844. The number of nitrogens with one attached hydrogen (secondary N) is 1. The van der Waals surface area contributed by atoms with Crippen LogP contribution in [0.2, 0.25) is 0 Å². The minimum Gasteiger partial charge on any atom is -0.451 e. The third kappa shape index (κ3) is 4.68. The number of ether oxygens (including phenoxy) is 1. The Morgan fingerprint density at radius 2 is 1.88 bits per heavy atom. The molecule has 0 saturated heterocycles. The molecule has 2 aromatic rings. The van der Waals surface area contributed by atoms with Gasteiger partial charge in [-0.1, -0.05) is 38.5 Å². The number of hydrogen-bond donors (Lipinski definition) is 1. The summed E-state index contributed by atoms with van der Waals surface area (Å²) in [5, 5.41) is 7.76. The highest BCUT2D eigenvalue weighted by Gasteiger charge is 2.19. The molecule has 1 aromatic heterocycles. The molecule has 0 unspecified atom stereocenters. The molecular formula is C19H25N3O4. The van der Waals surface area contributed by atoms with Crippen molar-refractivity contribution < 1.29 is 14.3 Å². The molecule has 2 rings (SSSR count). The van der Waals surface area contributed by atoms with Gasteiger partial charge in [-0.2, -0.15) is 5.10 Å². The normalized spacial score (nSPS) is 12.0. The molecule has 0 aliphatic carbocycles. The summed E-state index contributed by atoms with van der Waals surface area (Å²) in [6.45, 7) is 5.88. The lowest BCUT2D eigenvalue weighted by molar-refractivity contribution is -0.124. The molecule has 26 heavy (non-hydrogen) atoms. The highest BCUT2D eigenvalue weighted by molar-refractivity contribution is 6.02. The molecule has 0 radical (unpaired) electrons. The van der Waals surface area contributed by atoms with Gasteiger partial charge in [-0.25, -0.2) is 9.48 Å². The third-order valence-corrected chi connectivity index (χ3v) is 3.96. The highest BCUT2D eigenvalue weighted by atomic mass is 16.5. The molecule has 0 aliphatic heterocycles. The van der Waals surface area contributed by atoms with E-state index in [2.05, 4.69) is 10.4 Å². The Morgan fingerprint density at radius 1 is 1.19 bits per heavy atom. The Balaban J connectivity index is 2.20. The van der Waals surface area contributed by atoms with Gasteiger partial charge in [0.05, 0.1) is 5.39 Å². The van der Waals surface area contributed by atoms with Crippen molar-refractivity contribution in [2.45, 2.75) is 52.6 Å². The van der Waals surface area contributed by atoms with E-state index in [4.69, 9.17) is 4.74 Å². The van der Waals surface area contributed by atoms with Gasteiger partial charge >= 0.3 is 5.97 Å². The van der Waals surface area contributed by atoms with E-state index in [0.29, 0.717) is 23.7 Å².